The van der Waals surface area contributed by atoms with E-state index < -0.39 is 52.8 Å². The Labute approximate surface area is 192 Å². The fraction of sp³-hybridized carbons (Fsp3) is 0.810. The van der Waals surface area contributed by atoms with Crippen molar-refractivity contribution in [1.82, 2.24) is 9.55 Å². The SMILES string of the molecule is CC(C)[Si]1(C(C)C)OC([C@H]2O[C@@H](n3ccc(N)nc3=O)[C@H](O)[C@@H]2O)[Si](C(C)C)(C(C)C)O1. The highest BCUT2D eigenvalue weighted by atomic mass is 28.4. The fourth-order valence-electron chi connectivity index (χ4n) is 5.49. The van der Waals surface area contributed by atoms with Crippen LogP contribution in [-0.4, -0.2) is 60.7 Å². The van der Waals surface area contributed by atoms with Gasteiger partial charge in [-0.15, -0.1) is 0 Å². The van der Waals surface area contributed by atoms with E-state index in [1.165, 1.54) is 16.8 Å². The van der Waals surface area contributed by atoms with Crippen LogP contribution in [0.1, 0.15) is 61.6 Å². The molecule has 1 aromatic rings. The van der Waals surface area contributed by atoms with Crippen molar-refractivity contribution in [1.29, 1.82) is 0 Å². The number of anilines is 1. The first-order valence-corrected chi connectivity index (χ1v) is 15.6. The molecule has 0 bridgehead atoms. The number of aromatic nitrogens is 2. The van der Waals surface area contributed by atoms with Crippen LogP contribution in [0.2, 0.25) is 22.2 Å². The molecule has 2 fully saturated rings. The van der Waals surface area contributed by atoms with Crippen LogP contribution in [0, 0.1) is 0 Å². The van der Waals surface area contributed by atoms with Gasteiger partial charge in [0.05, 0.1) is 5.73 Å². The van der Waals surface area contributed by atoms with Gasteiger partial charge in [-0.3, -0.25) is 4.57 Å². The first-order valence-electron chi connectivity index (χ1n) is 11.5. The fourth-order valence-corrected chi connectivity index (χ4v) is 19.3. The average molecular weight is 486 g/mol. The van der Waals surface area contributed by atoms with Crippen molar-refractivity contribution in [2.24, 2.45) is 0 Å². The molecule has 0 amide bonds. The highest BCUT2D eigenvalue weighted by molar-refractivity contribution is 6.91. The van der Waals surface area contributed by atoms with Crippen molar-refractivity contribution in [3.63, 3.8) is 0 Å². The molecular weight excluding hydrogens is 446 g/mol. The summed E-state index contributed by atoms with van der Waals surface area (Å²) >= 11 is 0. The maximum absolute atomic E-state index is 12.4. The highest BCUT2D eigenvalue weighted by Crippen LogP contribution is 2.54. The minimum atomic E-state index is -2.66. The number of hydrogen-bond acceptors (Lipinski definition) is 8. The second-order valence-corrected chi connectivity index (χ2v) is 19.7. The summed E-state index contributed by atoms with van der Waals surface area (Å²) in [7, 11) is -5.30. The quantitative estimate of drug-likeness (QED) is 0.524. The molecule has 3 rings (SSSR count). The molecular formula is C21H39N3O6Si2. The van der Waals surface area contributed by atoms with Crippen LogP contribution in [0.3, 0.4) is 0 Å². The van der Waals surface area contributed by atoms with E-state index in [-0.39, 0.29) is 28.0 Å². The van der Waals surface area contributed by atoms with E-state index in [2.05, 4.69) is 60.4 Å². The van der Waals surface area contributed by atoms with Gasteiger partial charge in [0, 0.05) is 6.20 Å². The number of rotatable bonds is 6. The molecule has 182 valence electrons. The standard InChI is InChI=1S/C21H39N3O6Si2/c1-11(2)31(12(3)4)20(29-32(30-31,13(5)6)14(7)8)18-16(25)17(26)19(28-18)24-10-9-15(22)23-21(24)27/h9-14,16-20,25-26H,1-8H3,(H2,22,23,27)/t16-,17+,18-,19+,20?/m0/s1. The van der Waals surface area contributed by atoms with Crippen molar-refractivity contribution >= 4 is 22.7 Å². The van der Waals surface area contributed by atoms with Gasteiger partial charge in [-0.05, 0) is 28.2 Å². The molecule has 1 unspecified atom stereocenters. The molecule has 0 aromatic carbocycles. The molecule has 32 heavy (non-hydrogen) atoms. The molecule has 0 aliphatic carbocycles. The third-order valence-corrected chi connectivity index (χ3v) is 18.9. The smallest absolute Gasteiger partial charge is 0.351 e. The lowest BCUT2D eigenvalue weighted by Crippen LogP contribution is -2.59. The Morgan fingerprint density at radius 1 is 1.00 bits per heavy atom. The number of hydrogen-bond donors (Lipinski definition) is 3. The summed E-state index contributed by atoms with van der Waals surface area (Å²) in [6, 6.07) is 1.46. The topological polar surface area (TPSA) is 129 Å². The zero-order valence-electron chi connectivity index (χ0n) is 20.4. The van der Waals surface area contributed by atoms with Gasteiger partial charge in [0.15, 0.2) is 6.23 Å². The third-order valence-electron chi connectivity index (χ3n) is 7.21. The average Bonchev–Trinajstić information content (AvgIpc) is 3.20. The van der Waals surface area contributed by atoms with Gasteiger partial charge in [-0.1, -0.05) is 55.4 Å². The number of aliphatic hydroxyl groups is 2. The van der Waals surface area contributed by atoms with Crippen molar-refractivity contribution in [2.75, 3.05) is 5.73 Å². The van der Waals surface area contributed by atoms with Crippen molar-refractivity contribution < 1.29 is 23.5 Å². The number of ether oxygens (including phenoxy) is 1. The van der Waals surface area contributed by atoms with Crippen LogP contribution in [0.4, 0.5) is 5.82 Å². The second kappa shape index (κ2) is 8.93. The van der Waals surface area contributed by atoms with Crippen LogP contribution in [-0.2, 0) is 13.3 Å². The summed E-state index contributed by atoms with van der Waals surface area (Å²) in [4.78, 5) is 16.1. The molecule has 5 atom stereocenters. The molecule has 9 nitrogen and oxygen atoms in total. The first-order chi connectivity index (χ1) is 14.8. The predicted octanol–water partition coefficient (Wildman–Crippen LogP) is 2.43. The zero-order valence-corrected chi connectivity index (χ0v) is 22.4. The minimum absolute atomic E-state index is 0.0825. The van der Waals surface area contributed by atoms with Gasteiger partial charge < -0.3 is 29.2 Å². The molecule has 4 N–H and O–H groups in total. The van der Waals surface area contributed by atoms with E-state index >= 15 is 0 Å². The summed E-state index contributed by atoms with van der Waals surface area (Å²) in [6.45, 7) is 17.1. The Morgan fingerprint density at radius 2 is 1.56 bits per heavy atom. The molecule has 2 aliphatic heterocycles. The van der Waals surface area contributed by atoms with E-state index in [4.69, 9.17) is 19.0 Å². The summed E-state index contributed by atoms with van der Waals surface area (Å²) in [5, 5.41) is 22.0. The van der Waals surface area contributed by atoms with E-state index in [0.717, 1.165) is 0 Å². The van der Waals surface area contributed by atoms with E-state index in [9.17, 15) is 15.0 Å². The van der Waals surface area contributed by atoms with Crippen molar-refractivity contribution in [3.05, 3.63) is 22.7 Å². The Balaban J connectivity index is 2.07. The molecule has 0 saturated carbocycles. The first kappa shape index (κ1) is 25.5. The Hall–Kier alpha value is -1.09. The Bertz CT molecular complexity index is 861. The lowest BCUT2D eigenvalue weighted by molar-refractivity contribution is -0.0631. The molecule has 3 heterocycles. The maximum Gasteiger partial charge on any atom is 0.351 e. The lowest BCUT2D eigenvalue weighted by Gasteiger charge is -2.41. The third kappa shape index (κ3) is 3.81. The van der Waals surface area contributed by atoms with Gasteiger partial charge in [0.25, 0.3) is 0 Å². The largest absolute Gasteiger partial charge is 0.432 e. The number of nitrogens with two attached hydrogens (primary N) is 1. The van der Waals surface area contributed by atoms with Crippen LogP contribution in [0.5, 0.6) is 0 Å². The highest BCUT2D eigenvalue weighted by Gasteiger charge is 2.69. The van der Waals surface area contributed by atoms with Crippen LogP contribution in [0.25, 0.3) is 0 Å². The van der Waals surface area contributed by atoms with Gasteiger partial charge in [-0.2, -0.15) is 4.98 Å². The molecule has 1 aromatic heterocycles. The summed E-state index contributed by atoms with van der Waals surface area (Å²) in [6.07, 6.45) is -3.02. The number of nitrogen functional groups attached to an aromatic ring is 1. The monoisotopic (exact) mass is 485 g/mol. The lowest BCUT2D eigenvalue weighted by atomic mass is 10.1. The van der Waals surface area contributed by atoms with Crippen molar-refractivity contribution in [3.8, 4) is 0 Å². The van der Waals surface area contributed by atoms with Gasteiger partial charge in [-0.25, -0.2) is 4.79 Å². The van der Waals surface area contributed by atoms with E-state index in [0.29, 0.717) is 0 Å². The summed E-state index contributed by atoms with van der Waals surface area (Å²) in [5.74, 6) is 0.0825. The number of aliphatic hydroxyl groups excluding tert-OH is 2. The normalized spacial score (nSPS) is 32.0. The van der Waals surface area contributed by atoms with Crippen molar-refractivity contribution in [2.45, 2.75) is 108 Å². The van der Waals surface area contributed by atoms with Crippen LogP contribution in [0.15, 0.2) is 17.1 Å². The molecule has 11 heteroatoms. The van der Waals surface area contributed by atoms with Gasteiger partial charge in [0.1, 0.15) is 24.1 Å². The molecule has 2 aliphatic rings. The summed E-state index contributed by atoms with van der Waals surface area (Å²) in [5.41, 5.74) is 5.31. The van der Waals surface area contributed by atoms with Crippen LogP contribution < -0.4 is 11.4 Å². The molecule has 2 saturated heterocycles. The molecule has 0 spiro atoms. The molecule has 0 radical (unpaired) electrons. The maximum atomic E-state index is 12.4. The zero-order chi connectivity index (χ0) is 24.2. The van der Waals surface area contributed by atoms with Crippen LogP contribution >= 0.6 is 0 Å². The van der Waals surface area contributed by atoms with Gasteiger partial charge in [0.2, 0.25) is 8.32 Å². The van der Waals surface area contributed by atoms with E-state index in [1.54, 1.807) is 0 Å². The number of nitrogens with zero attached hydrogens (tertiary/aromatic N) is 2. The summed E-state index contributed by atoms with van der Waals surface area (Å²) < 4.78 is 21.5. The Morgan fingerprint density at radius 3 is 2.03 bits per heavy atom. The second-order valence-electron chi connectivity index (χ2n) is 10.3. The Kier molecular flexibility index (Phi) is 7.13. The van der Waals surface area contributed by atoms with E-state index in [1.807, 2.05) is 0 Å². The predicted molar refractivity (Wildman–Crippen MR) is 127 cm³/mol. The minimum Gasteiger partial charge on any atom is -0.432 e. The van der Waals surface area contributed by atoms with Gasteiger partial charge >= 0.3 is 14.3 Å².